The van der Waals surface area contributed by atoms with E-state index in [4.69, 9.17) is 11.2 Å². The largest absolute Gasteiger partial charge is 0.381 e. The molecule has 1 unspecified atom stereocenters. The highest BCUT2D eigenvalue weighted by molar-refractivity contribution is 5.14. The van der Waals surface area contributed by atoms with Gasteiger partial charge in [-0.2, -0.15) is 0 Å². The summed E-state index contributed by atoms with van der Waals surface area (Å²) in [5, 5.41) is 0. The van der Waals surface area contributed by atoms with E-state index in [1.807, 2.05) is 0 Å². The molecular weight excluding hydrogens is 100 g/mol. The van der Waals surface area contributed by atoms with Gasteiger partial charge in [0.1, 0.15) is 0 Å². The van der Waals surface area contributed by atoms with Crippen molar-refractivity contribution in [2.75, 3.05) is 13.2 Å². The van der Waals surface area contributed by atoms with Crippen LogP contribution in [-0.2, 0) is 4.74 Å². The lowest BCUT2D eigenvalue weighted by Crippen LogP contribution is -1.94. The number of terminal acetylenes is 1. The highest BCUT2D eigenvalue weighted by Gasteiger charge is 2.52. The summed E-state index contributed by atoms with van der Waals surface area (Å²) in [7, 11) is 0. The minimum Gasteiger partial charge on any atom is -0.381 e. The van der Waals surface area contributed by atoms with Crippen LogP contribution >= 0.6 is 0 Å². The third-order valence-corrected chi connectivity index (χ3v) is 2.14. The Morgan fingerprint density at radius 2 is 2.00 bits per heavy atom. The van der Waals surface area contributed by atoms with Crippen LogP contribution in [0.25, 0.3) is 0 Å². The van der Waals surface area contributed by atoms with Gasteiger partial charge in [-0.05, 0) is 0 Å². The number of hydrogen-bond acceptors (Lipinski definition) is 1. The van der Waals surface area contributed by atoms with E-state index < -0.39 is 0 Å². The monoisotopic (exact) mass is 108 g/mol. The zero-order valence-corrected chi connectivity index (χ0v) is 4.63. The first kappa shape index (κ1) is 4.40. The molecule has 42 valence electrons. The summed E-state index contributed by atoms with van der Waals surface area (Å²) in [6, 6.07) is 0. The molecule has 0 bridgehead atoms. The molecule has 8 heavy (non-hydrogen) atoms. The second-order valence-electron chi connectivity index (χ2n) is 2.56. The molecule has 2 rings (SSSR count). The van der Waals surface area contributed by atoms with Crippen molar-refractivity contribution >= 4 is 0 Å². The maximum Gasteiger partial charge on any atom is 0.0510 e. The maximum absolute atomic E-state index is 5.22. The Labute approximate surface area is 49.0 Å². The maximum atomic E-state index is 5.22. The fraction of sp³-hybridized carbons (Fsp3) is 0.714. The predicted molar refractivity (Wildman–Crippen MR) is 30.1 cm³/mol. The van der Waals surface area contributed by atoms with Crippen LogP contribution in [0.1, 0.15) is 0 Å². The van der Waals surface area contributed by atoms with Crippen LogP contribution in [0.4, 0.5) is 0 Å². The topological polar surface area (TPSA) is 9.23 Å². The van der Waals surface area contributed by atoms with Gasteiger partial charge in [-0.15, -0.1) is 12.3 Å². The lowest BCUT2D eigenvalue weighted by Gasteiger charge is -1.93. The lowest BCUT2D eigenvalue weighted by atomic mass is 10.3. The van der Waals surface area contributed by atoms with Crippen LogP contribution in [0.3, 0.4) is 0 Å². The van der Waals surface area contributed by atoms with E-state index in [0.717, 1.165) is 25.0 Å². The van der Waals surface area contributed by atoms with Crippen molar-refractivity contribution in [2.45, 2.75) is 0 Å². The molecule has 1 heteroatoms. The van der Waals surface area contributed by atoms with Crippen molar-refractivity contribution in [1.82, 2.24) is 0 Å². The van der Waals surface area contributed by atoms with Gasteiger partial charge >= 0.3 is 0 Å². The second kappa shape index (κ2) is 1.27. The zero-order valence-electron chi connectivity index (χ0n) is 4.63. The number of fused-ring (bicyclic) bond motifs is 1. The predicted octanol–water partition coefficient (Wildman–Crippen LogP) is 0.512. The quantitative estimate of drug-likeness (QED) is 0.411. The molecule has 1 saturated carbocycles. The molecule has 1 heterocycles. The van der Waals surface area contributed by atoms with Crippen LogP contribution in [-0.4, -0.2) is 13.2 Å². The zero-order chi connectivity index (χ0) is 5.56. The highest BCUT2D eigenvalue weighted by atomic mass is 16.5. The molecule has 2 fully saturated rings. The Morgan fingerprint density at radius 1 is 1.38 bits per heavy atom. The fourth-order valence-corrected chi connectivity index (χ4v) is 1.49. The molecule has 2 aliphatic rings. The Kier molecular flexibility index (Phi) is 0.698. The smallest absolute Gasteiger partial charge is 0.0510 e. The van der Waals surface area contributed by atoms with Gasteiger partial charge in [0.2, 0.25) is 0 Å². The Hall–Kier alpha value is -0.480. The van der Waals surface area contributed by atoms with Crippen LogP contribution < -0.4 is 0 Å². The lowest BCUT2D eigenvalue weighted by molar-refractivity contribution is 0.158. The van der Waals surface area contributed by atoms with Gasteiger partial charge in [0.05, 0.1) is 13.2 Å². The molecule has 0 spiro atoms. The Balaban J connectivity index is 2.06. The van der Waals surface area contributed by atoms with E-state index in [-0.39, 0.29) is 0 Å². The summed E-state index contributed by atoms with van der Waals surface area (Å²) in [5.41, 5.74) is 0. The Bertz CT molecular complexity index is 135. The molecule has 1 saturated heterocycles. The summed E-state index contributed by atoms with van der Waals surface area (Å²) in [5.74, 6) is 4.81. The SMILES string of the molecule is C#CC1[C@H]2COC[C@@H]12. The van der Waals surface area contributed by atoms with Gasteiger partial charge < -0.3 is 4.74 Å². The first-order valence-corrected chi connectivity index (χ1v) is 2.97. The summed E-state index contributed by atoms with van der Waals surface area (Å²) in [6.45, 7) is 1.83. The van der Waals surface area contributed by atoms with Crippen molar-refractivity contribution < 1.29 is 4.74 Å². The van der Waals surface area contributed by atoms with E-state index in [1.165, 1.54) is 0 Å². The molecule has 3 atom stereocenters. The fourth-order valence-electron chi connectivity index (χ4n) is 1.49. The van der Waals surface area contributed by atoms with E-state index in [1.54, 1.807) is 0 Å². The first-order valence-electron chi connectivity index (χ1n) is 2.97. The Morgan fingerprint density at radius 3 is 2.38 bits per heavy atom. The van der Waals surface area contributed by atoms with Crippen molar-refractivity contribution in [3.63, 3.8) is 0 Å². The van der Waals surface area contributed by atoms with Crippen LogP contribution in [0.15, 0.2) is 0 Å². The van der Waals surface area contributed by atoms with Crippen molar-refractivity contribution in [2.24, 2.45) is 17.8 Å². The van der Waals surface area contributed by atoms with E-state index in [9.17, 15) is 0 Å². The van der Waals surface area contributed by atoms with Gasteiger partial charge in [0.15, 0.2) is 0 Å². The highest BCUT2D eigenvalue weighted by Crippen LogP contribution is 2.49. The summed E-state index contributed by atoms with van der Waals surface area (Å²) < 4.78 is 5.14. The summed E-state index contributed by atoms with van der Waals surface area (Å²) >= 11 is 0. The number of rotatable bonds is 0. The number of ether oxygens (including phenoxy) is 1. The van der Waals surface area contributed by atoms with Crippen LogP contribution in [0, 0.1) is 30.1 Å². The molecule has 1 aliphatic carbocycles. The van der Waals surface area contributed by atoms with Crippen molar-refractivity contribution in [3.05, 3.63) is 0 Å². The molecular formula is C7H8O. The van der Waals surface area contributed by atoms with Gasteiger partial charge in [-0.25, -0.2) is 0 Å². The second-order valence-corrected chi connectivity index (χ2v) is 2.56. The van der Waals surface area contributed by atoms with Gasteiger partial charge in [0.25, 0.3) is 0 Å². The summed E-state index contributed by atoms with van der Waals surface area (Å²) in [6.07, 6.45) is 5.22. The average molecular weight is 108 g/mol. The third kappa shape index (κ3) is 0.367. The molecule has 0 aromatic heterocycles. The van der Waals surface area contributed by atoms with Gasteiger partial charge in [-0.1, -0.05) is 0 Å². The van der Waals surface area contributed by atoms with Crippen molar-refractivity contribution in [3.8, 4) is 12.3 Å². The van der Waals surface area contributed by atoms with E-state index in [2.05, 4.69) is 5.92 Å². The molecule has 0 aromatic carbocycles. The molecule has 1 aliphatic heterocycles. The minimum absolute atomic E-state index is 0.573. The molecule has 0 N–H and O–H groups in total. The minimum atomic E-state index is 0.573. The first-order chi connectivity index (χ1) is 3.93. The van der Waals surface area contributed by atoms with Crippen molar-refractivity contribution in [1.29, 1.82) is 0 Å². The molecule has 0 aromatic rings. The third-order valence-electron chi connectivity index (χ3n) is 2.14. The van der Waals surface area contributed by atoms with Gasteiger partial charge in [-0.3, -0.25) is 0 Å². The van der Waals surface area contributed by atoms with Gasteiger partial charge in [0, 0.05) is 17.8 Å². The van der Waals surface area contributed by atoms with Crippen LogP contribution in [0.2, 0.25) is 0 Å². The molecule has 0 amide bonds. The van der Waals surface area contributed by atoms with E-state index >= 15 is 0 Å². The number of hydrogen-bond donors (Lipinski definition) is 0. The molecule has 0 radical (unpaired) electrons. The van der Waals surface area contributed by atoms with E-state index in [0.29, 0.717) is 5.92 Å². The summed E-state index contributed by atoms with van der Waals surface area (Å²) in [4.78, 5) is 0. The average Bonchev–Trinajstić information content (AvgIpc) is 2.22. The molecule has 1 nitrogen and oxygen atoms in total. The van der Waals surface area contributed by atoms with Crippen LogP contribution in [0.5, 0.6) is 0 Å². The standard InChI is InChI=1S/C7H8O/c1-2-5-6-3-8-4-7(5)6/h1,5-7H,3-4H2/t5?,6-,7+. The normalized spacial score (nSPS) is 50.1.